The van der Waals surface area contributed by atoms with Crippen molar-refractivity contribution in [3.8, 4) is 0 Å². The largest absolute Gasteiger partial charge is 0.390 e. The van der Waals surface area contributed by atoms with Gasteiger partial charge in [0.15, 0.2) is 0 Å². The third-order valence-electron chi connectivity index (χ3n) is 2.50. The molecule has 2 aromatic rings. The standard InChI is InChI=1S/C11H12ClN3O2/c1-14-10(12)5-8(13-14)6-15-9(7-16)3-2-4-11(15)17/h2-5,16H,6-7H2,1H3. The van der Waals surface area contributed by atoms with Gasteiger partial charge in [0, 0.05) is 24.9 Å². The number of pyridine rings is 1. The maximum absolute atomic E-state index is 11.7. The highest BCUT2D eigenvalue weighted by Crippen LogP contribution is 2.10. The van der Waals surface area contributed by atoms with Crippen molar-refractivity contribution < 1.29 is 5.11 Å². The Bertz CT molecular complexity index is 569. The average Bonchev–Trinajstić information content (AvgIpc) is 2.61. The van der Waals surface area contributed by atoms with E-state index < -0.39 is 0 Å². The van der Waals surface area contributed by atoms with Crippen LogP contribution in [-0.4, -0.2) is 19.5 Å². The zero-order valence-corrected chi connectivity index (χ0v) is 10.1. The molecule has 0 bridgehead atoms. The van der Waals surface area contributed by atoms with Crippen LogP contribution in [0.2, 0.25) is 5.15 Å². The Morgan fingerprint density at radius 1 is 1.47 bits per heavy atom. The van der Waals surface area contributed by atoms with Gasteiger partial charge in [-0.1, -0.05) is 17.7 Å². The van der Waals surface area contributed by atoms with Crippen LogP contribution in [0.1, 0.15) is 11.4 Å². The van der Waals surface area contributed by atoms with Crippen molar-refractivity contribution in [3.05, 3.63) is 51.2 Å². The minimum atomic E-state index is -0.184. The molecule has 1 N–H and O–H groups in total. The first-order chi connectivity index (χ1) is 8.11. The summed E-state index contributed by atoms with van der Waals surface area (Å²) in [5.41, 5.74) is 1.07. The minimum absolute atomic E-state index is 0.168. The summed E-state index contributed by atoms with van der Waals surface area (Å²) in [7, 11) is 1.73. The number of aliphatic hydroxyl groups is 1. The fourth-order valence-electron chi connectivity index (χ4n) is 1.62. The number of halogens is 1. The molecule has 2 rings (SSSR count). The summed E-state index contributed by atoms with van der Waals surface area (Å²) in [6.07, 6.45) is 0. The number of rotatable bonds is 3. The number of aromatic nitrogens is 3. The average molecular weight is 254 g/mol. The molecule has 0 aliphatic carbocycles. The number of hydrogen-bond acceptors (Lipinski definition) is 3. The number of nitrogens with zero attached hydrogens (tertiary/aromatic N) is 3. The number of aliphatic hydroxyl groups excluding tert-OH is 1. The van der Waals surface area contributed by atoms with E-state index in [0.29, 0.717) is 23.1 Å². The molecule has 0 amide bonds. The summed E-state index contributed by atoms with van der Waals surface area (Å²) in [5.74, 6) is 0. The van der Waals surface area contributed by atoms with Gasteiger partial charge >= 0.3 is 0 Å². The van der Waals surface area contributed by atoms with Crippen LogP contribution in [0.15, 0.2) is 29.1 Å². The van der Waals surface area contributed by atoms with Gasteiger partial charge in [-0.2, -0.15) is 5.10 Å². The van der Waals surface area contributed by atoms with Crippen molar-refractivity contribution in [1.82, 2.24) is 14.3 Å². The Kier molecular flexibility index (Phi) is 3.31. The van der Waals surface area contributed by atoms with E-state index in [9.17, 15) is 4.79 Å². The van der Waals surface area contributed by atoms with Crippen molar-refractivity contribution in [2.45, 2.75) is 13.2 Å². The first-order valence-corrected chi connectivity index (χ1v) is 5.47. The predicted molar refractivity (Wildman–Crippen MR) is 63.9 cm³/mol. The summed E-state index contributed by atoms with van der Waals surface area (Å²) in [5, 5.41) is 13.8. The fourth-order valence-corrected chi connectivity index (χ4v) is 1.78. The van der Waals surface area contributed by atoms with Crippen LogP contribution in [0.25, 0.3) is 0 Å². The molecule has 0 atom stereocenters. The van der Waals surface area contributed by atoms with Crippen molar-refractivity contribution in [2.75, 3.05) is 0 Å². The van der Waals surface area contributed by atoms with Gasteiger partial charge in [-0.15, -0.1) is 0 Å². The fraction of sp³-hybridized carbons (Fsp3) is 0.273. The topological polar surface area (TPSA) is 60.1 Å². The number of hydrogen-bond donors (Lipinski definition) is 1. The van der Waals surface area contributed by atoms with Gasteiger partial charge in [0.1, 0.15) is 5.15 Å². The van der Waals surface area contributed by atoms with Gasteiger partial charge in [0.2, 0.25) is 0 Å². The van der Waals surface area contributed by atoms with E-state index in [1.807, 2.05) is 0 Å². The smallest absolute Gasteiger partial charge is 0.251 e. The Morgan fingerprint density at radius 2 is 2.24 bits per heavy atom. The molecule has 0 unspecified atom stereocenters. The van der Waals surface area contributed by atoms with Gasteiger partial charge in [0.25, 0.3) is 5.56 Å². The molecule has 0 saturated carbocycles. The first-order valence-electron chi connectivity index (χ1n) is 5.10. The third kappa shape index (κ3) is 2.40. The summed E-state index contributed by atoms with van der Waals surface area (Å²) < 4.78 is 3.00. The molecule has 0 radical (unpaired) electrons. The zero-order valence-electron chi connectivity index (χ0n) is 9.30. The Labute approximate surface area is 103 Å². The second kappa shape index (κ2) is 4.73. The van der Waals surface area contributed by atoms with E-state index in [2.05, 4.69) is 5.10 Å². The van der Waals surface area contributed by atoms with Crippen molar-refractivity contribution in [1.29, 1.82) is 0 Å². The first kappa shape index (κ1) is 11.9. The molecule has 5 nitrogen and oxygen atoms in total. The van der Waals surface area contributed by atoms with Crippen LogP contribution in [0.5, 0.6) is 0 Å². The molecule has 0 spiro atoms. The van der Waals surface area contributed by atoms with Crippen molar-refractivity contribution >= 4 is 11.6 Å². The van der Waals surface area contributed by atoms with Gasteiger partial charge in [0.05, 0.1) is 18.8 Å². The molecule has 0 aromatic carbocycles. The van der Waals surface area contributed by atoms with E-state index in [0.717, 1.165) is 0 Å². The Hall–Kier alpha value is -1.59. The molecule has 0 aliphatic heterocycles. The Morgan fingerprint density at radius 3 is 2.82 bits per heavy atom. The van der Waals surface area contributed by atoms with Crippen LogP contribution in [0, 0.1) is 0 Å². The van der Waals surface area contributed by atoms with Gasteiger partial charge in [-0.05, 0) is 6.07 Å². The SMILES string of the molecule is Cn1nc(Cn2c(CO)cccc2=O)cc1Cl. The second-order valence-electron chi connectivity index (χ2n) is 3.68. The molecular formula is C11H12ClN3O2. The lowest BCUT2D eigenvalue weighted by Gasteiger charge is -2.08. The molecule has 6 heteroatoms. The van der Waals surface area contributed by atoms with Gasteiger partial charge in [-0.3, -0.25) is 9.48 Å². The lowest BCUT2D eigenvalue weighted by Crippen LogP contribution is -2.23. The highest BCUT2D eigenvalue weighted by atomic mass is 35.5. The molecule has 2 heterocycles. The monoisotopic (exact) mass is 253 g/mol. The molecule has 2 aromatic heterocycles. The molecule has 90 valence electrons. The lowest BCUT2D eigenvalue weighted by molar-refractivity contribution is 0.269. The quantitative estimate of drug-likeness (QED) is 0.879. The van der Waals surface area contributed by atoms with Crippen LogP contribution >= 0.6 is 11.6 Å². The molecule has 0 aliphatic rings. The van der Waals surface area contributed by atoms with Crippen LogP contribution in [0.4, 0.5) is 0 Å². The van der Waals surface area contributed by atoms with E-state index in [1.165, 1.54) is 15.3 Å². The second-order valence-corrected chi connectivity index (χ2v) is 4.07. The number of aryl methyl sites for hydroxylation is 1. The van der Waals surface area contributed by atoms with Crippen molar-refractivity contribution in [3.63, 3.8) is 0 Å². The highest BCUT2D eigenvalue weighted by molar-refractivity contribution is 6.29. The molecular weight excluding hydrogens is 242 g/mol. The maximum Gasteiger partial charge on any atom is 0.251 e. The van der Waals surface area contributed by atoms with Gasteiger partial charge in [-0.25, -0.2) is 0 Å². The lowest BCUT2D eigenvalue weighted by atomic mass is 10.3. The van der Waals surface area contributed by atoms with E-state index in [4.69, 9.17) is 16.7 Å². The van der Waals surface area contributed by atoms with Crippen LogP contribution < -0.4 is 5.56 Å². The van der Waals surface area contributed by atoms with Crippen LogP contribution in [-0.2, 0) is 20.2 Å². The van der Waals surface area contributed by atoms with E-state index >= 15 is 0 Å². The third-order valence-corrected chi connectivity index (χ3v) is 2.85. The van der Waals surface area contributed by atoms with Crippen LogP contribution in [0.3, 0.4) is 0 Å². The van der Waals surface area contributed by atoms with E-state index in [1.54, 1.807) is 25.2 Å². The summed E-state index contributed by atoms with van der Waals surface area (Å²) in [4.78, 5) is 11.7. The maximum atomic E-state index is 11.7. The summed E-state index contributed by atoms with van der Waals surface area (Å²) in [6, 6.07) is 6.47. The van der Waals surface area contributed by atoms with E-state index in [-0.39, 0.29) is 12.2 Å². The zero-order chi connectivity index (χ0) is 12.4. The van der Waals surface area contributed by atoms with Gasteiger partial charge < -0.3 is 9.67 Å². The van der Waals surface area contributed by atoms with Crippen molar-refractivity contribution in [2.24, 2.45) is 7.05 Å². The normalized spacial score (nSPS) is 10.8. The highest BCUT2D eigenvalue weighted by Gasteiger charge is 2.07. The molecule has 0 fully saturated rings. The summed E-state index contributed by atoms with van der Waals surface area (Å²) >= 11 is 5.87. The minimum Gasteiger partial charge on any atom is -0.390 e. The molecule has 0 saturated heterocycles. The molecule has 17 heavy (non-hydrogen) atoms. The summed E-state index contributed by atoms with van der Waals surface area (Å²) in [6.45, 7) is 0.118. The Balaban J connectivity index is 2.39. The predicted octanol–water partition coefficient (Wildman–Crippen LogP) is 0.776.